The number of likely N-dealkylation sites (tertiary alicyclic amines) is 1. The largest absolute Gasteiger partial charge is 0.455 e. The molecule has 240 valence electrons. The third-order valence-electron chi connectivity index (χ3n) is 9.45. The first-order valence-electron chi connectivity index (χ1n) is 16.6. The predicted octanol–water partition coefficient (Wildman–Crippen LogP) is 5.55. The van der Waals surface area contributed by atoms with Crippen molar-refractivity contribution in [3.05, 3.63) is 95.2 Å². The van der Waals surface area contributed by atoms with E-state index >= 15 is 0 Å². The summed E-state index contributed by atoms with van der Waals surface area (Å²) in [6.45, 7) is 6.01. The minimum atomic E-state index is -0.904. The SMILES string of the molecule is O=C(NC1CCCCC1)C(c1ccc(F)cc1)N(C(=O)c1ccc(CN2CCOCC2)o1)C1CCN(Cc2ccccc2)CC1. The van der Waals surface area contributed by atoms with Gasteiger partial charge in [-0.2, -0.15) is 0 Å². The lowest BCUT2D eigenvalue weighted by atomic mass is 9.93. The van der Waals surface area contributed by atoms with Crippen LogP contribution in [-0.4, -0.2) is 78.0 Å². The Kier molecular flexibility index (Phi) is 10.6. The van der Waals surface area contributed by atoms with Crippen LogP contribution in [0.1, 0.15) is 78.4 Å². The molecule has 1 aromatic heterocycles. The lowest BCUT2D eigenvalue weighted by Crippen LogP contribution is -2.53. The van der Waals surface area contributed by atoms with Gasteiger partial charge in [-0.1, -0.05) is 61.7 Å². The molecule has 3 aromatic rings. The number of benzene rings is 2. The van der Waals surface area contributed by atoms with Crippen LogP contribution < -0.4 is 5.32 Å². The summed E-state index contributed by atoms with van der Waals surface area (Å²) in [5.41, 5.74) is 1.85. The first kappa shape index (κ1) is 31.5. The number of nitrogens with one attached hydrogen (secondary N) is 1. The van der Waals surface area contributed by atoms with Crippen LogP contribution >= 0.6 is 0 Å². The Hall–Kier alpha value is -3.53. The van der Waals surface area contributed by atoms with Crippen LogP contribution in [0.2, 0.25) is 0 Å². The number of ether oxygens (including phenoxy) is 1. The third-order valence-corrected chi connectivity index (χ3v) is 9.45. The van der Waals surface area contributed by atoms with Crippen molar-refractivity contribution in [2.75, 3.05) is 39.4 Å². The summed E-state index contributed by atoms with van der Waals surface area (Å²) >= 11 is 0. The standard InChI is InChI=1S/C36H45FN4O4/c37-29-13-11-28(12-14-29)34(35(42)38-30-9-5-2-6-10-30)41(31-17-19-39(20-18-31)25-27-7-3-1-4-8-27)36(43)33-16-15-32(45-33)26-40-21-23-44-24-22-40/h1,3-4,7-8,11-16,30-31,34H,2,5-6,9-10,17-26H2,(H,38,42). The highest BCUT2D eigenvalue weighted by Gasteiger charge is 2.40. The number of rotatable bonds is 10. The zero-order valence-corrected chi connectivity index (χ0v) is 26.0. The topological polar surface area (TPSA) is 78.3 Å². The van der Waals surface area contributed by atoms with E-state index in [-0.39, 0.29) is 35.5 Å². The number of carbonyl (C=O) groups excluding carboxylic acids is 2. The minimum absolute atomic E-state index is 0.0719. The molecule has 3 heterocycles. The van der Waals surface area contributed by atoms with Crippen molar-refractivity contribution in [2.45, 2.75) is 76.2 Å². The highest BCUT2D eigenvalue weighted by atomic mass is 19.1. The van der Waals surface area contributed by atoms with E-state index in [1.807, 2.05) is 12.1 Å². The van der Waals surface area contributed by atoms with Crippen molar-refractivity contribution in [1.82, 2.24) is 20.0 Å². The van der Waals surface area contributed by atoms with Crippen LogP contribution in [0.25, 0.3) is 0 Å². The van der Waals surface area contributed by atoms with Gasteiger partial charge in [0.15, 0.2) is 5.76 Å². The van der Waals surface area contributed by atoms with Gasteiger partial charge in [0, 0.05) is 44.8 Å². The van der Waals surface area contributed by atoms with Gasteiger partial charge in [0.1, 0.15) is 17.6 Å². The molecular formula is C36H45FN4O4. The summed E-state index contributed by atoms with van der Waals surface area (Å²) in [6.07, 6.45) is 6.61. The number of morpholine rings is 1. The van der Waals surface area contributed by atoms with Crippen molar-refractivity contribution in [3.63, 3.8) is 0 Å². The summed E-state index contributed by atoms with van der Waals surface area (Å²) in [5.74, 6) is 0.0352. The summed E-state index contributed by atoms with van der Waals surface area (Å²) in [5, 5.41) is 3.27. The molecule has 1 saturated carbocycles. The predicted molar refractivity (Wildman–Crippen MR) is 170 cm³/mol. The van der Waals surface area contributed by atoms with Gasteiger partial charge < -0.3 is 19.4 Å². The average Bonchev–Trinajstić information content (AvgIpc) is 3.54. The molecule has 1 N–H and O–H groups in total. The van der Waals surface area contributed by atoms with E-state index in [0.29, 0.717) is 43.9 Å². The summed E-state index contributed by atoms with van der Waals surface area (Å²) in [4.78, 5) is 35.1. The van der Waals surface area contributed by atoms with E-state index < -0.39 is 6.04 Å². The zero-order valence-electron chi connectivity index (χ0n) is 26.0. The van der Waals surface area contributed by atoms with E-state index in [0.717, 1.165) is 58.4 Å². The Morgan fingerprint density at radius 1 is 0.822 bits per heavy atom. The first-order chi connectivity index (χ1) is 22.0. The maximum Gasteiger partial charge on any atom is 0.290 e. The molecular weight excluding hydrogens is 571 g/mol. The lowest BCUT2D eigenvalue weighted by Gasteiger charge is -2.42. The molecule has 1 unspecified atom stereocenters. The van der Waals surface area contributed by atoms with Crippen LogP contribution in [0.4, 0.5) is 4.39 Å². The molecule has 8 nitrogen and oxygen atoms in total. The molecule has 3 aliphatic rings. The second-order valence-electron chi connectivity index (χ2n) is 12.7. The fourth-order valence-corrected chi connectivity index (χ4v) is 6.99. The van der Waals surface area contributed by atoms with Gasteiger partial charge in [-0.05, 0) is 61.1 Å². The minimum Gasteiger partial charge on any atom is -0.455 e. The number of hydrogen-bond donors (Lipinski definition) is 1. The molecule has 2 aromatic carbocycles. The fraction of sp³-hybridized carbons (Fsp3) is 0.500. The Labute approximate surface area is 265 Å². The van der Waals surface area contributed by atoms with Gasteiger partial charge in [0.05, 0.1) is 19.8 Å². The van der Waals surface area contributed by atoms with Crippen molar-refractivity contribution < 1.29 is 23.1 Å². The first-order valence-corrected chi connectivity index (χ1v) is 16.6. The quantitative estimate of drug-likeness (QED) is 0.322. The molecule has 2 amide bonds. The van der Waals surface area contributed by atoms with Crippen LogP contribution in [0.5, 0.6) is 0 Å². The van der Waals surface area contributed by atoms with Crippen LogP contribution in [0.3, 0.4) is 0 Å². The Morgan fingerprint density at radius 2 is 1.51 bits per heavy atom. The van der Waals surface area contributed by atoms with Crippen molar-refractivity contribution in [2.24, 2.45) is 0 Å². The van der Waals surface area contributed by atoms with E-state index in [2.05, 4.69) is 39.4 Å². The van der Waals surface area contributed by atoms with Crippen LogP contribution in [0, 0.1) is 5.82 Å². The molecule has 3 fully saturated rings. The molecule has 9 heteroatoms. The molecule has 0 radical (unpaired) electrons. The van der Waals surface area contributed by atoms with E-state index in [1.165, 1.54) is 24.1 Å². The number of hydrogen-bond acceptors (Lipinski definition) is 6. The lowest BCUT2D eigenvalue weighted by molar-refractivity contribution is -0.128. The summed E-state index contributed by atoms with van der Waals surface area (Å²) < 4.78 is 25.8. The second kappa shape index (κ2) is 15.2. The van der Waals surface area contributed by atoms with Crippen molar-refractivity contribution >= 4 is 11.8 Å². The zero-order chi connectivity index (χ0) is 31.0. The fourth-order valence-electron chi connectivity index (χ4n) is 6.99. The monoisotopic (exact) mass is 616 g/mol. The molecule has 1 atom stereocenters. The van der Waals surface area contributed by atoms with Gasteiger partial charge >= 0.3 is 0 Å². The molecule has 1 aliphatic carbocycles. The number of nitrogens with zero attached hydrogens (tertiary/aromatic N) is 3. The van der Waals surface area contributed by atoms with Crippen molar-refractivity contribution in [1.29, 1.82) is 0 Å². The summed E-state index contributed by atoms with van der Waals surface area (Å²) in [7, 11) is 0. The number of amides is 2. The number of furan rings is 1. The van der Waals surface area contributed by atoms with Gasteiger partial charge in [0.2, 0.25) is 5.91 Å². The van der Waals surface area contributed by atoms with Gasteiger partial charge in [-0.3, -0.25) is 19.4 Å². The number of halogens is 1. The maximum absolute atomic E-state index is 14.5. The Bertz CT molecular complexity index is 1380. The molecule has 0 bridgehead atoms. The smallest absolute Gasteiger partial charge is 0.290 e. The molecule has 6 rings (SSSR count). The van der Waals surface area contributed by atoms with E-state index in [9.17, 15) is 14.0 Å². The third kappa shape index (κ3) is 8.20. The second-order valence-corrected chi connectivity index (χ2v) is 12.7. The van der Waals surface area contributed by atoms with Crippen LogP contribution in [-0.2, 0) is 22.6 Å². The molecule has 2 aliphatic heterocycles. The summed E-state index contributed by atoms with van der Waals surface area (Å²) in [6, 6.07) is 19.0. The van der Waals surface area contributed by atoms with E-state index in [1.54, 1.807) is 23.1 Å². The van der Waals surface area contributed by atoms with Crippen molar-refractivity contribution in [3.8, 4) is 0 Å². The van der Waals surface area contributed by atoms with E-state index in [4.69, 9.17) is 9.15 Å². The molecule has 0 spiro atoms. The van der Waals surface area contributed by atoms with Crippen LogP contribution in [0.15, 0.2) is 71.1 Å². The van der Waals surface area contributed by atoms with Gasteiger partial charge in [0.25, 0.3) is 5.91 Å². The molecule has 2 saturated heterocycles. The maximum atomic E-state index is 14.5. The number of carbonyl (C=O) groups is 2. The average molecular weight is 617 g/mol. The normalized spacial score (nSPS) is 19.7. The Balaban J connectivity index is 1.28. The van der Waals surface area contributed by atoms with Gasteiger partial charge in [-0.15, -0.1) is 0 Å². The van der Waals surface area contributed by atoms with Gasteiger partial charge in [-0.25, -0.2) is 4.39 Å². The Morgan fingerprint density at radius 3 is 2.22 bits per heavy atom. The molecule has 45 heavy (non-hydrogen) atoms. The highest BCUT2D eigenvalue weighted by Crippen LogP contribution is 2.32. The number of piperidine rings is 1. The highest BCUT2D eigenvalue weighted by molar-refractivity contribution is 5.96.